The zero-order valence-corrected chi connectivity index (χ0v) is 17.6. The molecule has 0 unspecified atom stereocenters. The van der Waals surface area contributed by atoms with E-state index in [0.29, 0.717) is 24.3 Å². The molecular formula is C24H24N4O3. The van der Waals surface area contributed by atoms with Crippen LogP contribution in [0.5, 0.6) is 0 Å². The van der Waals surface area contributed by atoms with Crippen molar-refractivity contribution < 1.29 is 14.0 Å². The van der Waals surface area contributed by atoms with Gasteiger partial charge in [0.1, 0.15) is 5.76 Å². The lowest BCUT2D eigenvalue weighted by Crippen LogP contribution is -2.23. The van der Waals surface area contributed by atoms with Gasteiger partial charge < -0.3 is 9.73 Å². The molecule has 0 spiro atoms. The maximum atomic E-state index is 12.8. The van der Waals surface area contributed by atoms with Crippen LogP contribution in [0, 0.1) is 13.8 Å². The summed E-state index contributed by atoms with van der Waals surface area (Å²) in [6.45, 7) is 4.30. The Morgan fingerprint density at radius 2 is 1.90 bits per heavy atom. The van der Waals surface area contributed by atoms with E-state index in [-0.39, 0.29) is 11.8 Å². The average molecular weight is 416 g/mol. The monoisotopic (exact) mass is 416 g/mol. The molecule has 0 saturated heterocycles. The van der Waals surface area contributed by atoms with E-state index >= 15 is 0 Å². The summed E-state index contributed by atoms with van der Waals surface area (Å²) in [6.07, 6.45) is 5.37. The Labute approximate surface area is 180 Å². The summed E-state index contributed by atoms with van der Waals surface area (Å²) in [5, 5.41) is 7.26. The van der Waals surface area contributed by atoms with Crippen LogP contribution in [0.2, 0.25) is 0 Å². The van der Waals surface area contributed by atoms with Gasteiger partial charge in [-0.15, -0.1) is 0 Å². The fourth-order valence-electron chi connectivity index (χ4n) is 3.65. The van der Waals surface area contributed by atoms with Gasteiger partial charge in [0.05, 0.1) is 11.3 Å². The summed E-state index contributed by atoms with van der Waals surface area (Å²) in [4.78, 5) is 29.0. The predicted octanol–water partition coefficient (Wildman–Crippen LogP) is 3.69. The molecule has 1 aliphatic rings. The van der Waals surface area contributed by atoms with Gasteiger partial charge in [0.2, 0.25) is 0 Å². The minimum Gasteiger partial charge on any atom is -0.455 e. The Bertz CT molecular complexity index is 1130. The van der Waals surface area contributed by atoms with Crippen LogP contribution in [0.3, 0.4) is 0 Å². The van der Waals surface area contributed by atoms with Crippen molar-refractivity contribution in [3.05, 3.63) is 88.1 Å². The number of carbonyl (C=O) groups is 2. The molecule has 0 atom stereocenters. The van der Waals surface area contributed by atoms with Crippen molar-refractivity contribution >= 4 is 17.5 Å². The molecule has 1 aromatic carbocycles. The molecule has 0 aliphatic heterocycles. The Morgan fingerprint density at radius 3 is 2.65 bits per heavy atom. The highest BCUT2D eigenvalue weighted by molar-refractivity contribution is 6.07. The van der Waals surface area contributed by atoms with Gasteiger partial charge in [0.15, 0.2) is 5.76 Å². The fraction of sp³-hybridized carbons (Fsp3) is 0.250. The zero-order valence-electron chi connectivity index (χ0n) is 17.6. The average Bonchev–Trinajstić information content (AvgIpc) is 3.14. The Morgan fingerprint density at radius 1 is 1.10 bits per heavy atom. The van der Waals surface area contributed by atoms with E-state index in [1.165, 1.54) is 11.8 Å². The van der Waals surface area contributed by atoms with E-state index in [4.69, 9.17) is 4.42 Å². The lowest BCUT2D eigenvalue weighted by molar-refractivity contribution is 0.0919. The van der Waals surface area contributed by atoms with Crippen molar-refractivity contribution in [1.82, 2.24) is 15.7 Å². The minimum absolute atomic E-state index is 0.258. The molecule has 2 N–H and O–H groups in total. The normalized spacial score (nSPS) is 14.2. The molecule has 4 rings (SSSR count). The summed E-state index contributed by atoms with van der Waals surface area (Å²) in [5.41, 5.74) is 7.50. The van der Waals surface area contributed by atoms with Crippen LogP contribution in [0.4, 0.5) is 0 Å². The van der Waals surface area contributed by atoms with Crippen LogP contribution in [-0.4, -0.2) is 22.5 Å². The number of pyridine rings is 1. The number of nitrogens with one attached hydrogen (secondary N) is 2. The maximum Gasteiger partial charge on any atom is 0.287 e. The molecule has 0 radical (unpaired) electrons. The third kappa shape index (κ3) is 4.55. The second kappa shape index (κ2) is 8.95. The first kappa shape index (κ1) is 20.5. The van der Waals surface area contributed by atoms with Crippen molar-refractivity contribution in [2.45, 2.75) is 39.7 Å². The molecule has 7 heteroatoms. The first-order valence-corrected chi connectivity index (χ1v) is 10.3. The zero-order chi connectivity index (χ0) is 21.8. The molecule has 2 amide bonds. The van der Waals surface area contributed by atoms with E-state index in [2.05, 4.69) is 20.8 Å². The van der Waals surface area contributed by atoms with Crippen LogP contribution in [0.25, 0.3) is 0 Å². The number of nitrogens with zero attached hydrogens (tertiary/aromatic N) is 2. The quantitative estimate of drug-likeness (QED) is 0.620. The number of fused-ring (bicyclic) bond motifs is 1. The van der Waals surface area contributed by atoms with Gasteiger partial charge in [-0.1, -0.05) is 29.8 Å². The fourth-order valence-corrected chi connectivity index (χ4v) is 3.65. The van der Waals surface area contributed by atoms with E-state index in [9.17, 15) is 9.59 Å². The highest BCUT2D eigenvalue weighted by atomic mass is 16.4. The number of furan rings is 1. The molecule has 7 nitrogen and oxygen atoms in total. The smallest absolute Gasteiger partial charge is 0.287 e. The second-order valence-electron chi connectivity index (χ2n) is 7.62. The molecule has 158 valence electrons. The summed E-state index contributed by atoms with van der Waals surface area (Å²) >= 11 is 0. The van der Waals surface area contributed by atoms with Crippen LogP contribution in [0.1, 0.15) is 61.8 Å². The number of benzene rings is 1. The van der Waals surface area contributed by atoms with E-state index in [1.54, 1.807) is 18.3 Å². The van der Waals surface area contributed by atoms with Gasteiger partial charge in [0.25, 0.3) is 11.8 Å². The third-order valence-electron chi connectivity index (χ3n) is 5.32. The minimum atomic E-state index is -0.329. The van der Waals surface area contributed by atoms with Gasteiger partial charge in [0, 0.05) is 36.5 Å². The lowest BCUT2D eigenvalue weighted by atomic mass is 9.93. The number of aryl methyl sites for hydroxylation is 2. The van der Waals surface area contributed by atoms with Crippen molar-refractivity contribution in [3.63, 3.8) is 0 Å². The summed E-state index contributed by atoms with van der Waals surface area (Å²) in [7, 11) is 0. The highest BCUT2D eigenvalue weighted by Gasteiger charge is 2.28. The number of amides is 2. The van der Waals surface area contributed by atoms with Gasteiger partial charge in [-0.2, -0.15) is 5.10 Å². The number of rotatable bonds is 5. The van der Waals surface area contributed by atoms with Crippen LogP contribution >= 0.6 is 0 Å². The molecule has 2 heterocycles. The predicted molar refractivity (Wildman–Crippen MR) is 117 cm³/mol. The molecule has 0 saturated carbocycles. The summed E-state index contributed by atoms with van der Waals surface area (Å²) in [5.74, 6) is 0.445. The largest absolute Gasteiger partial charge is 0.455 e. The number of hydrazone groups is 1. The second-order valence-corrected chi connectivity index (χ2v) is 7.62. The number of hydrogen-bond donors (Lipinski definition) is 2. The lowest BCUT2D eigenvalue weighted by Gasteiger charge is -2.13. The first-order valence-electron chi connectivity index (χ1n) is 10.3. The summed E-state index contributed by atoms with van der Waals surface area (Å²) in [6, 6.07) is 11.4. The van der Waals surface area contributed by atoms with Crippen LogP contribution in [-0.2, 0) is 13.0 Å². The Kier molecular flexibility index (Phi) is 5.93. The van der Waals surface area contributed by atoms with Gasteiger partial charge in [-0.25, -0.2) is 5.43 Å². The molecule has 0 bridgehead atoms. The molecule has 1 aliphatic carbocycles. The molecule has 0 fully saturated rings. The highest BCUT2D eigenvalue weighted by Crippen LogP contribution is 2.30. The standard InChI is InChI=1S/C24H24N4O3/c1-15-8-10-17(11-9-15)13-26-24(30)22-16(2)21-19(6-3-7-20(21)31-22)27-28-23(29)18-5-4-12-25-14-18/h4-5,8-12,14H,3,6-7,13H2,1-2H3,(H,26,30)(H,28,29)/b27-19+. The Balaban J connectivity index is 1.50. The van der Waals surface area contributed by atoms with Crippen LogP contribution < -0.4 is 10.7 Å². The summed E-state index contributed by atoms with van der Waals surface area (Å²) < 4.78 is 5.91. The molecular weight excluding hydrogens is 392 g/mol. The topological polar surface area (TPSA) is 96.6 Å². The van der Waals surface area contributed by atoms with Crippen molar-refractivity contribution in [1.29, 1.82) is 0 Å². The van der Waals surface area contributed by atoms with Gasteiger partial charge in [-0.05, 0) is 44.4 Å². The van der Waals surface area contributed by atoms with E-state index < -0.39 is 0 Å². The number of hydrogen-bond acceptors (Lipinski definition) is 5. The number of aromatic nitrogens is 1. The third-order valence-corrected chi connectivity index (χ3v) is 5.32. The maximum absolute atomic E-state index is 12.8. The molecule has 2 aromatic heterocycles. The van der Waals surface area contributed by atoms with Gasteiger partial charge in [-0.3, -0.25) is 14.6 Å². The van der Waals surface area contributed by atoms with Crippen molar-refractivity contribution in [2.24, 2.45) is 5.10 Å². The van der Waals surface area contributed by atoms with Crippen LogP contribution in [0.15, 0.2) is 58.3 Å². The SMILES string of the molecule is Cc1ccc(CNC(=O)c2oc3c(c2C)/C(=N/NC(=O)c2cccnc2)CCC3)cc1. The number of carbonyl (C=O) groups excluding carboxylic acids is 2. The molecule has 31 heavy (non-hydrogen) atoms. The van der Waals surface area contributed by atoms with Gasteiger partial charge >= 0.3 is 0 Å². The molecule has 3 aromatic rings. The van der Waals surface area contributed by atoms with Crippen molar-refractivity contribution in [3.8, 4) is 0 Å². The van der Waals surface area contributed by atoms with E-state index in [0.717, 1.165) is 41.0 Å². The van der Waals surface area contributed by atoms with E-state index in [1.807, 2.05) is 38.1 Å². The first-order chi connectivity index (χ1) is 15.0. The van der Waals surface area contributed by atoms with Crippen molar-refractivity contribution in [2.75, 3.05) is 0 Å². The Hall–Kier alpha value is -3.74.